The number of methoxy groups -OCH3 is 1. The van der Waals surface area contributed by atoms with Gasteiger partial charge in [0.1, 0.15) is 6.04 Å². The van der Waals surface area contributed by atoms with E-state index in [2.05, 4.69) is 0 Å². The van der Waals surface area contributed by atoms with Gasteiger partial charge in [-0.05, 0) is 26.3 Å². The van der Waals surface area contributed by atoms with Crippen LogP contribution in [0.5, 0.6) is 0 Å². The van der Waals surface area contributed by atoms with Gasteiger partial charge in [-0.3, -0.25) is 9.69 Å². The van der Waals surface area contributed by atoms with Crippen LogP contribution in [0.3, 0.4) is 0 Å². The van der Waals surface area contributed by atoms with Crippen LogP contribution in [0.2, 0.25) is 0 Å². The van der Waals surface area contributed by atoms with E-state index in [-0.39, 0.29) is 12.0 Å². The summed E-state index contributed by atoms with van der Waals surface area (Å²) in [7, 11) is 1.55. The van der Waals surface area contributed by atoms with Crippen molar-refractivity contribution in [2.24, 2.45) is 0 Å². The van der Waals surface area contributed by atoms with Crippen LogP contribution >= 0.6 is 0 Å². The lowest BCUT2D eigenvalue weighted by Gasteiger charge is -2.24. The summed E-state index contributed by atoms with van der Waals surface area (Å²) in [6.45, 7) is 3.81. The van der Waals surface area contributed by atoms with Crippen molar-refractivity contribution in [3.63, 3.8) is 0 Å². The molecule has 1 fully saturated rings. The van der Waals surface area contributed by atoms with Gasteiger partial charge in [0.15, 0.2) is 0 Å². The minimum Gasteiger partial charge on any atom is -0.465 e. The Balaban J connectivity index is 2.42. The Kier molecular flexibility index (Phi) is 5.73. The summed E-state index contributed by atoms with van der Waals surface area (Å²) < 4.78 is 9.87. The molecular formula is C11H21NO4. The van der Waals surface area contributed by atoms with Crippen molar-refractivity contribution in [3.05, 3.63) is 0 Å². The molecule has 1 saturated heterocycles. The largest absolute Gasteiger partial charge is 0.465 e. The lowest BCUT2D eigenvalue weighted by Crippen LogP contribution is -2.42. The monoisotopic (exact) mass is 231 g/mol. The molecule has 0 aromatic rings. The lowest BCUT2D eigenvalue weighted by molar-refractivity contribution is -0.148. The zero-order valence-corrected chi connectivity index (χ0v) is 10.0. The van der Waals surface area contributed by atoms with Crippen LogP contribution in [0.25, 0.3) is 0 Å². The van der Waals surface area contributed by atoms with E-state index in [0.717, 1.165) is 19.4 Å². The predicted octanol–water partition coefficient (Wildman–Crippen LogP) is 0.0212. The number of carbonyl (C=O) groups is 1. The van der Waals surface area contributed by atoms with Gasteiger partial charge in [0.05, 0.1) is 19.3 Å². The number of aliphatic hydroxyl groups is 1. The Morgan fingerprint density at radius 1 is 1.62 bits per heavy atom. The molecule has 0 aliphatic carbocycles. The van der Waals surface area contributed by atoms with Gasteiger partial charge in [-0.1, -0.05) is 0 Å². The number of nitrogens with zero attached hydrogens (tertiary/aromatic N) is 1. The van der Waals surface area contributed by atoms with E-state index in [0.29, 0.717) is 19.8 Å². The molecule has 5 nitrogen and oxygen atoms in total. The standard InChI is InChI=1S/C11H21NO4/c1-3-16-11(14)10-5-4-6-12(10)7-9(13)8-15-2/h9-10,13H,3-8H2,1-2H3. The van der Waals surface area contributed by atoms with Gasteiger partial charge in [0.2, 0.25) is 0 Å². The third-order valence-electron chi connectivity index (χ3n) is 2.73. The van der Waals surface area contributed by atoms with Crippen molar-refractivity contribution >= 4 is 5.97 Å². The first kappa shape index (κ1) is 13.4. The van der Waals surface area contributed by atoms with Crippen LogP contribution in [-0.2, 0) is 14.3 Å². The van der Waals surface area contributed by atoms with Crippen LogP contribution in [-0.4, -0.2) is 61.5 Å². The van der Waals surface area contributed by atoms with Crippen LogP contribution in [0.1, 0.15) is 19.8 Å². The maximum atomic E-state index is 11.6. The first-order chi connectivity index (χ1) is 7.69. The van der Waals surface area contributed by atoms with Gasteiger partial charge < -0.3 is 14.6 Å². The summed E-state index contributed by atoms with van der Waals surface area (Å²) in [6, 6.07) is -0.188. The molecule has 94 valence electrons. The SMILES string of the molecule is CCOC(=O)C1CCCN1CC(O)COC. The molecule has 1 heterocycles. The highest BCUT2D eigenvalue weighted by molar-refractivity contribution is 5.76. The Morgan fingerprint density at radius 3 is 3.00 bits per heavy atom. The number of hydrogen-bond acceptors (Lipinski definition) is 5. The average molecular weight is 231 g/mol. The third-order valence-corrected chi connectivity index (χ3v) is 2.73. The summed E-state index contributed by atoms with van der Waals surface area (Å²) in [5.41, 5.74) is 0. The Hall–Kier alpha value is -0.650. The molecule has 0 saturated carbocycles. The summed E-state index contributed by atoms with van der Waals surface area (Å²) in [5.74, 6) is -0.176. The van der Waals surface area contributed by atoms with Gasteiger partial charge in [0.25, 0.3) is 0 Å². The number of likely N-dealkylation sites (tertiary alicyclic amines) is 1. The zero-order chi connectivity index (χ0) is 12.0. The number of rotatable bonds is 6. The van der Waals surface area contributed by atoms with Crippen molar-refractivity contribution in [1.82, 2.24) is 4.90 Å². The van der Waals surface area contributed by atoms with Crippen molar-refractivity contribution in [3.8, 4) is 0 Å². The summed E-state index contributed by atoms with van der Waals surface area (Å²) in [6.07, 6.45) is 1.25. The number of carbonyl (C=O) groups excluding carboxylic acids is 1. The summed E-state index contributed by atoms with van der Waals surface area (Å²) in [4.78, 5) is 13.6. The highest BCUT2D eigenvalue weighted by Gasteiger charge is 2.32. The number of ether oxygens (including phenoxy) is 2. The topological polar surface area (TPSA) is 59.0 Å². The fourth-order valence-electron chi connectivity index (χ4n) is 2.07. The van der Waals surface area contributed by atoms with E-state index in [1.54, 1.807) is 14.0 Å². The molecule has 0 amide bonds. The molecule has 0 aromatic heterocycles. The van der Waals surface area contributed by atoms with Gasteiger partial charge in [-0.2, -0.15) is 0 Å². The molecule has 1 N–H and O–H groups in total. The van der Waals surface area contributed by atoms with Crippen molar-refractivity contribution < 1.29 is 19.4 Å². The molecule has 0 radical (unpaired) electrons. The molecular weight excluding hydrogens is 210 g/mol. The molecule has 2 atom stereocenters. The second kappa shape index (κ2) is 6.83. The van der Waals surface area contributed by atoms with Crippen molar-refractivity contribution in [2.75, 3.05) is 33.4 Å². The van der Waals surface area contributed by atoms with E-state index in [9.17, 15) is 9.90 Å². The molecule has 2 unspecified atom stereocenters. The summed E-state index contributed by atoms with van der Waals surface area (Å²) in [5, 5.41) is 9.62. The number of hydrogen-bond donors (Lipinski definition) is 1. The number of β-amino-alcohol motifs (C(OH)–C–C–N with tert-alkyl or cyclic N) is 1. The smallest absolute Gasteiger partial charge is 0.323 e. The van der Waals surface area contributed by atoms with E-state index >= 15 is 0 Å². The Morgan fingerprint density at radius 2 is 2.38 bits per heavy atom. The average Bonchev–Trinajstić information content (AvgIpc) is 2.66. The highest BCUT2D eigenvalue weighted by atomic mass is 16.5. The minimum absolute atomic E-state index is 0.176. The van der Waals surface area contributed by atoms with Crippen LogP contribution < -0.4 is 0 Å². The normalized spacial score (nSPS) is 23.3. The Labute approximate surface area is 96.3 Å². The van der Waals surface area contributed by atoms with Crippen LogP contribution in [0, 0.1) is 0 Å². The highest BCUT2D eigenvalue weighted by Crippen LogP contribution is 2.18. The van der Waals surface area contributed by atoms with Gasteiger partial charge in [-0.25, -0.2) is 0 Å². The molecule has 5 heteroatoms. The molecule has 0 bridgehead atoms. The molecule has 1 aliphatic heterocycles. The fraction of sp³-hybridized carbons (Fsp3) is 0.909. The second-order valence-electron chi connectivity index (χ2n) is 4.01. The first-order valence-electron chi connectivity index (χ1n) is 5.76. The van der Waals surface area contributed by atoms with E-state index in [1.807, 2.05) is 4.90 Å². The Bertz CT molecular complexity index is 222. The number of aliphatic hydroxyl groups excluding tert-OH is 1. The first-order valence-corrected chi connectivity index (χ1v) is 5.76. The van der Waals surface area contributed by atoms with Crippen molar-refractivity contribution in [1.29, 1.82) is 0 Å². The molecule has 1 aliphatic rings. The third kappa shape index (κ3) is 3.73. The van der Waals surface area contributed by atoms with Crippen LogP contribution in [0.15, 0.2) is 0 Å². The van der Waals surface area contributed by atoms with E-state index in [4.69, 9.17) is 9.47 Å². The van der Waals surface area contributed by atoms with Gasteiger partial charge in [0, 0.05) is 13.7 Å². The predicted molar refractivity (Wildman–Crippen MR) is 59.1 cm³/mol. The van der Waals surface area contributed by atoms with Gasteiger partial charge in [-0.15, -0.1) is 0 Å². The fourth-order valence-corrected chi connectivity index (χ4v) is 2.07. The summed E-state index contributed by atoms with van der Waals surface area (Å²) >= 11 is 0. The van der Waals surface area contributed by atoms with Crippen molar-refractivity contribution in [2.45, 2.75) is 31.9 Å². The number of esters is 1. The maximum Gasteiger partial charge on any atom is 0.323 e. The maximum absolute atomic E-state index is 11.6. The molecule has 1 rings (SSSR count). The quantitative estimate of drug-likeness (QED) is 0.653. The molecule has 0 aromatic carbocycles. The zero-order valence-electron chi connectivity index (χ0n) is 10.0. The molecule has 16 heavy (non-hydrogen) atoms. The van der Waals surface area contributed by atoms with Gasteiger partial charge >= 0.3 is 5.97 Å². The second-order valence-corrected chi connectivity index (χ2v) is 4.01. The van der Waals surface area contributed by atoms with E-state index in [1.165, 1.54) is 0 Å². The minimum atomic E-state index is -0.542. The molecule has 0 spiro atoms. The lowest BCUT2D eigenvalue weighted by atomic mass is 10.2. The van der Waals surface area contributed by atoms with Crippen LogP contribution in [0.4, 0.5) is 0 Å². The van der Waals surface area contributed by atoms with E-state index < -0.39 is 6.10 Å².